The van der Waals surface area contributed by atoms with Gasteiger partial charge in [0.25, 0.3) is 0 Å². The minimum absolute atomic E-state index is 0. The van der Waals surface area contributed by atoms with Crippen molar-refractivity contribution in [3.05, 3.63) is 17.5 Å². The number of hydrogen-bond acceptors (Lipinski definition) is 4. The van der Waals surface area contributed by atoms with E-state index >= 15 is 0 Å². The van der Waals surface area contributed by atoms with Crippen molar-refractivity contribution in [2.45, 2.75) is 26.3 Å². The fourth-order valence-electron chi connectivity index (χ4n) is 2.35. The summed E-state index contributed by atoms with van der Waals surface area (Å²) in [5.74, 6) is 1.68. The Balaban J connectivity index is 0.00000144. The summed E-state index contributed by atoms with van der Waals surface area (Å²) in [5, 5.41) is 7.46. The van der Waals surface area contributed by atoms with Crippen molar-refractivity contribution in [2.75, 3.05) is 26.7 Å². The standard InChI is InChI=1S/C12H21N3O.ClH/c1-10-6-12(14-16-10)9-15(2)8-11-4-3-5-13-7-11;/h6,11,13H,3-5,7-9H2,1-2H3;1H. The van der Waals surface area contributed by atoms with Gasteiger partial charge in [-0.2, -0.15) is 0 Å². The molecule has 98 valence electrons. The lowest BCUT2D eigenvalue weighted by atomic mass is 9.99. The molecule has 1 aromatic rings. The first-order chi connectivity index (χ1) is 7.74. The van der Waals surface area contributed by atoms with Crippen molar-refractivity contribution in [3.63, 3.8) is 0 Å². The summed E-state index contributed by atoms with van der Waals surface area (Å²) in [6.07, 6.45) is 2.65. The van der Waals surface area contributed by atoms with Crippen LogP contribution in [0.1, 0.15) is 24.3 Å². The molecule has 1 unspecified atom stereocenters. The summed E-state index contributed by atoms with van der Waals surface area (Å²) in [6, 6.07) is 2.01. The SMILES string of the molecule is Cc1cc(CN(C)CC2CCCNC2)no1.Cl. The molecule has 0 bridgehead atoms. The molecule has 0 radical (unpaired) electrons. The van der Waals surface area contributed by atoms with Gasteiger partial charge in [-0.25, -0.2) is 0 Å². The van der Waals surface area contributed by atoms with E-state index in [1.54, 1.807) is 0 Å². The third-order valence-electron chi connectivity index (χ3n) is 3.08. The molecule has 4 nitrogen and oxygen atoms in total. The van der Waals surface area contributed by atoms with Gasteiger partial charge in [-0.05, 0) is 45.8 Å². The summed E-state index contributed by atoms with van der Waals surface area (Å²) in [5.41, 5.74) is 1.03. The molecule has 0 aromatic carbocycles. The molecular formula is C12H22ClN3O. The molecule has 2 heterocycles. The van der Waals surface area contributed by atoms with Gasteiger partial charge in [-0.1, -0.05) is 5.16 Å². The lowest BCUT2D eigenvalue weighted by Crippen LogP contribution is -2.36. The van der Waals surface area contributed by atoms with Crippen LogP contribution in [0.5, 0.6) is 0 Å². The summed E-state index contributed by atoms with van der Waals surface area (Å²) >= 11 is 0. The molecule has 1 N–H and O–H groups in total. The monoisotopic (exact) mass is 259 g/mol. The maximum Gasteiger partial charge on any atom is 0.133 e. The van der Waals surface area contributed by atoms with Gasteiger partial charge in [0.1, 0.15) is 5.76 Å². The van der Waals surface area contributed by atoms with E-state index in [2.05, 4.69) is 22.4 Å². The Morgan fingerprint density at radius 3 is 3.00 bits per heavy atom. The van der Waals surface area contributed by atoms with E-state index in [1.807, 2.05) is 13.0 Å². The first-order valence-corrected chi connectivity index (χ1v) is 6.05. The predicted octanol–water partition coefficient (Wildman–Crippen LogP) is 1.84. The lowest BCUT2D eigenvalue weighted by molar-refractivity contribution is 0.232. The Bertz CT molecular complexity index is 323. The molecule has 17 heavy (non-hydrogen) atoms. The summed E-state index contributed by atoms with van der Waals surface area (Å²) in [7, 11) is 2.15. The Kier molecular flexibility index (Phi) is 5.95. The van der Waals surface area contributed by atoms with Gasteiger partial charge >= 0.3 is 0 Å². The second-order valence-corrected chi connectivity index (χ2v) is 4.84. The molecule has 2 rings (SSSR count). The maximum atomic E-state index is 5.07. The minimum Gasteiger partial charge on any atom is -0.361 e. The topological polar surface area (TPSA) is 41.3 Å². The molecule has 1 aromatic heterocycles. The molecule has 0 saturated carbocycles. The second kappa shape index (κ2) is 6.99. The van der Waals surface area contributed by atoms with Crippen LogP contribution in [-0.2, 0) is 6.54 Å². The van der Waals surface area contributed by atoms with Crippen LogP contribution in [-0.4, -0.2) is 36.7 Å². The van der Waals surface area contributed by atoms with E-state index < -0.39 is 0 Å². The highest BCUT2D eigenvalue weighted by Gasteiger charge is 2.15. The quantitative estimate of drug-likeness (QED) is 0.896. The summed E-state index contributed by atoms with van der Waals surface area (Å²) in [4.78, 5) is 2.33. The number of nitrogens with one attached hydrogen (secondary N) is 1. The van der Waals surface area contributed by atoms with E-state index in [0.717, 1.165) is 37.0 Å². The average Bonchev–Trinajstić information content (AvgIpc) is 2.65. The number of nitrogens with zero attached hydrogens (tertiary/aromatic N) is 2. The first-order valence-electron chi connectivity index (χ1n) is 6.05. The highest BCUT2D eigenvalue weighted by Crippen LogP contribution is 2.12. The second-order valence-electron chi connectivity index (χ2n) is 4.84. The van der Waals surface area contributed by atoms with E-state index in [0.29, 0.717) is 0 Å². The third kappa shape index (κ3) is 4.66. The Morgan fingerprint density at radius 2 is 2.41 bits per heavy atom. The highest BCUT2D eigenvalue weighted by atomic mass is 35.5. The summed E-state index contributed by atoms with van der Waals surface area (Å²) in [6.45, 7) is 6.29. The fourth-order valence-corrected chi connectivity index (χ4v) is 2.35. The zero-order valence-electron chi connectivity index (χ0n) is 10.6. The van der Waals surface area contributed by atoms with Crippen molar-refractivity contribution in [3.8, 4) is 0 Å². The van der Waals surface area contributed by atoms with Gasteiger partial charge in [-0.15, -0.1) is 12.4 Å². The Hall–Kier alpha value is -0.580. The van der Waals surface area contributed by atoms with Gasteiger partial charge in [0.15, 0.2) is 0 Å². The van der Waals surface area contributed by atoms with Gasteiger partial charge in [0.2, 0.25) is 0 Å². The molecule has 0 amide bonds. The third-order valence-corrected chi connectivity index (χ3v) is 3.08. The van der Waals surface area contributed by atoms with Gasteiger partial charge < -0.3 is 14.7 Å². The molecule has 1 saturated heterocycles. The van der Waals surface area contributed by atoms with Crippen LogP contribution in [0.4, 0.5) is 0 Å². The number of piperidine rings is 1. The van der Waals surface area contributed by atoms with Gasteiger partial charge in [-0.3, -0.25) is 0 Å². The molecule has 1 aliphatic rings. The van der Waals surface area contributed by atoms with Crippen LogP contribution < -0.4 is 5.32 Å². The fraction of sp³-hybridized carbons (Fsp3) is 0.750. The van der Waals surface area contributed by atoms with E-state index in [-0.39, 0.29) is 12.4 Å². The number of halogens is 1. The molecule has 1 fully saturated rings. The van der Waals surface area contributed by atoms with Crippen molar-refractivity contribution in [1.29, 1.82) is 0 Å². The van der Waals surface area contributed by atoms with Gasteiger partial charge in [0, 0.05) is 19.2 Å². The Morgan fingerprint density at radius 1 is 1.59 bits per heavy atom. The number of hydrogen-bond donors (Lipinski definition) is 1. The van der Waals surface area contributed by atoms with Crippen LogP contribution in [0.25, 0.3) is 0 Å². The zero-order valence-corrected chi connectivity index (χ0v) is 11.4. The van der Waals surface area contributed by atoms with Crippen molar-refractivity contribution < 1.29 is 4.52 Å². The van der Waals surface area contributed by atoms with E-state index in [9.17, 15) is 0 Å². The smallest absolute Gasteiger partial charge is 0.133 e. The Labute approximate surface area is 109 Å². The van der Waals surface area contributed by atoms with Gasteiger partial charge in [0.05, 0.1) is 5.69 Å². The molecule has 0 aliphatic carbocycles. The van der Waals surface area contributed by atoms with Crippen LogP contribution in [0.15, 0.2) is 10.6 Å². The molecule has 1 atom stereocenters. The predicted molar refractivity (Wildman–Crippen MR) is 70.4 cm³/mol. The zero-order chi connectivity index (χ0) is 11.4. The number of aryl methyl sites for hydroxylation is 1. The normalized spacial score (nSPS) is 20.3. The number of aromatic nitrogens is 1. The van der Waals surface area contributed by atoms with Crippen molar-refractivity contribution in [2.24, 2.45) is 5.92 Å². The molecule has 1 aliphatic heterocycles. The van der Waals surface area contributed by atoms with Crippen LogP contribution in [0.2, 0.25) is 0 Å². The molecular weight excluding hydrogens is 238 g/mol. The van der Waals surface area contributed by atoms with Crippen LogP contribution in [0.3, 0.4) is 0 Å². The molecule has 0 spiro atoms. The summed E-state index contributed by atoms with van der Waals surface area (Å²) < 4.78 is 5.07. The average molecular weight is 260 g/mol. The van der Waals surface area contributed by atoms with Crippen LogP contribution >= 0.6 is 12.4 Å². The lowest BCUT2D eigenvalue weighted by Gasteiger charge is -2.27. The first kappa shape index (κ1) is 14.5. The van der Waals surface area contributed by atoms with E-state index in [4.69, 9.17) is 4.52 Å². The molecule has 5 heteroatoms. The van der Waals surface area contributed by atoms with E-state index in [1.165, 1.54) is 19.4 Å². The van der Waals surface area contributed by atoms with Crippen molar-refractivity contribution >= 4 is 12.4 Å². The maximum absolute atomic E-state index is 5.07. The minimum atomic E-state index is 0. The van der Waals surface area contributed by atoms with Crippen molar-refractivity contribution in [1.82, 2.24) is 15.4 Å². The van der Waals surface area contributed by atoms with Crippen LogP contribution in [0, 0.1) is 12.8 Å². The largest absolute Gasteiger partial charge is 0.361 e. The number of rotatable bonds is 4. The highest BCUT2D eigenvalue weighted by molar-refractivity contribution is 5.85.